The van der Waals surface area contributed by atoms with Crippen molar-refractivity contribution in [1.29, 1.82) is 0 Å². The maximum Gasteiger partial charge on any atom is 1.00 e. The molecule has 2 N–H and O–H groups in total. The van der Waals surface area contributed by atoms with Crippen LogP contribution in [0.15, 0.2) is 58.3 Å². The Morgan fingerprint density at radius 3 is 1.18 bits per heavy atom. The van der Waals surface area contributed by atoms with Crippen LogP contribution in [0.25, 0.3) is 0 Å². The number of rotatable bonds is 2. The Labute approximate surface area is 176 Å². The van der Waals surface area contributed by atoms with Crippen LogP contribution in [0.5, 0.6) is 0 Å². The van der Waals surface area contributed by atoms with Crippen LogP contribution in [0.3, 0.4) is 0 Å². The second-order valence-corrected chi connectivity index (χ2v) is 4.48. The summed E-state index contributed by atoms with van der Waals surface area (Å²) in [5.41, 5.74) is 0.384. The Balaban J connectivity index is 0. The zero-order valence-corrected chi connectivity index (χ0v) is 16.6. The molecule has 0 fully saturated rings. The normalized spacial score (nSPS) is 8.36. The quantitative estimate of drug-likeness (QED) is 0.492. The number of carboxylic acid groups (broad SMARTS) is 2. The molecule has 0 aliphatic carbocycles. The average Bonchev–Trinajstić information content (AvgIpc) is 2.40. The van der Waals surface area contributed by atoms with Crippen LogP contribution in [0.2, 0.25) is 0 Å². The van der Waals surface area contributed by atoms with E-state index in [0.717, 1.165) is 0 Å². The molecular weight excluding hydrogens is 427 g/mol. The smallest absolute Gasteiger partial charge is 0.779 e. The fraction of sp³-hybridized carbons (Fsp3) is 0. The van der Waals surface area contributed by atoms with Gasteiger partial charge in [0.15, 0.2) is 0 Å². The first-order valence-corrected chi connectivity index (χ1v) is 6.23. The van der Waals surface area contributed by atoms with Gasteiger partial charge in [-0.05, 0) is 12.1 Å². The van der Waals surface area contributed by atoms with Crippen LogP contribution in [0, 0.1) is 0 Å². The van der Waals surface area contributed by atoms with E-state index in [9.17, 15) is 9.59 Å². The summed E-state index contributed by atoms with van der Waals surface area (Å²) in [5, 5.41) is 17.0. The van der Waals surface area contributed by atoms with Gasteiger partial charge in [-0.2, -0.15) is 9.79 Å². The SMILES string of the molecule is O=C(O)c1ccccc1[S-].O=C(O)c1ccccc1[S-].[Ag+].[Na+]. The Bertz CT molecular complexity index is 582. The molecule has 0 bridgehead atoms. The third kappa shape index (κ3) is 7.71. The molecule has 0 spiro atoms. The molecule has 0 atom stereocenters. The van der Waals surface area contributed by atoms with E-state index < -0.39 is 11.9 Å². The Hall–Kier alpha value is -0.440. The summed E-state index contributed by atoms with van der Waals surface area (Å²) >= 11 is 9.49. The maximum atomic E-state index is 10.4. The monoisotopic (exact) mass is 436 g/mol. The number of hydrogen-bond donors (Lipinski definition) is 2. The molecule has 0 aliphatic rings. The summed E-state index contributed by atoms with van der Waals surface area (Å²) in [7, 11) is 0. The molecule has 0 amide bonds. The van der Waals surface area contributed by atoms with E-state index in [4.69, 9.17) is 35.5 Å². The van der Waals surface area contributed by atoms with Gasteiger partial charge in [-0.1, -0.05) is 36.4 Å². The van der Waals surface area contributed by atoms with Crippen molar-refractivity contribution in [2.75, 3.05) is 0 Å². The van der Waals surface area contributed by atoms with Gasteiger partial charge in [-0.15, -0.1) is 0 Å². The standard InChI is InChI=1S/2C7H6O2S.Ag.Na/c2*8-7(9)5-3-1-2-4-6(5)10;;/h2*1-4,10H,(H,8,9);;/q;;2*+1/p-2. The summed E-state index contributed by atoms with van der Waals surface area (Å²) in [6.45, 7) is 0. The molecule has 114 valence electrons. The summed E-state index contributed by atoms with van der Waals surface area (Å²) < 4.78 is 0. The molecule has 0 unspecified atom stereocenters. The number of benzene rings is 2. The first kappa shape index (κ1) is 23.8. The maximum absolute atomic E-state index is 10.4. The summed E-state index contributed by atoms with van der Waals surface area (Å²) in [6, 6.07) is 12.9. The van der Waals surface area contributed by atoms with Gasteiger partial charge in [-0.3, -0.25) is 0 Å². The second kappa shape index (κ2) is 12.0. The number of aromatic carboxylic acids is 2. The average molecular weight is 437 g/mol. The topological polar surface area (TPSA) is 74.6 Å². The van der Waals surface area contributed by atoms with Crippen LogP contribution in [0.1, 0.15) is 20.7 Å². The van der Waals surface area contributed by atoms with Crippen LogP contribution < -0.4 is 29.6 Å². The summed E-state index contributed by atoms with van der Waals surface area (Å²) in [5.74, 6) is -1.93. The van der Waals surface area contributed by atoms with E-state index in [1.54, 1.807) is 36.4 Å². The van der Waals surface area contributed by atoms with Crippen molar-refractivity contribution in [3.05, 3.63) is 59.7 Å². The summed E-state index contributed by atoms with van der Waals surface area (Å²) in [6.07, 6.45) is 0. The van der Waals surface area contributed by atoms with Crippen LogP contribution in [0.4, 0.5) is 0 Å². The molecule has 2 rings (SSSR count). The predicted octanol–water partition coefficient (Wildman–Crippen LogP) is -0.417. The van der Waals surface area contributed by atoms with Gasteiger partial charge in [0.25, 0.3) is 0 Å². The van der Waals surface area contributed by atoms with E-state index in [1.807, 2.05) is 0 Å². The molecule has 0 heterocycles. The van der Waals surface area contributed by atoms with Crippen LogP contribution in [-0.4, -0.2) is 22.2 Å². The van der Waals surface area contributed by atoms with Crippen molar-refractivity contribution in [2.24, 2.45) is 0 Å². The van der Waals surface area contributed by atoms with Gasteiger partial charge in [0.1, 0.15) is 0 Å². The van der Waals surface area contributed by atoms with E-state index in [0.29, 0.717) is 9.79 Å². The Kier molecular flexibility index (Phi) is 13.0. The van der Waals surface area contributed by atoms with Gasteiger partial charge < -0.3 is 35.5 Å². The molecule has 4 nitrogen and oxygen atoms in total. The zero-order chi connectivity index (χ0) is 15.1. The summed E-state index contributed by atoms with van der Waals surface area (Å²) in [4.78, 5) is 21.5. The number of carboxylic acids is 2. The fourth-order valence-electron chi connectivity index (χ4n) is 1.29. The molecular formula is C14H10AgNaO4S2. The zero-order valence-electron chi connectivity index (χ0n) is 11.4. The molecule has 0 saturated carbocycles. The van der Waals surface area contributed by atoms with E-state index in [1.165, 1.54) is 12.1 Å². The van der Waals surface area contributed by atoms with Crippen LogP contribution in [-0.2, 0) is 47.6 Å². The molecule has 2 aromatic rings. The van der Waals surface area contributed by atoms with Crippen molar-refractivity contribution in [1.82, 2.24) is 0 Å². The second-order valence-electron chi connectivity index (χ2n) is 3.60. The predicted molar refractivity (Wildman–Crippen MR) is 78.1 cm³/mol. The third-order valence-corrected chi connectivity index (χ3v) is 2.95. The van der Waals surface area contributed by atoms with Crippen LogP contribution >= 0.6 is 0 Å². The molecule has 0 saturated heterocycles. The Morgan fingerprint density at radius 1 is 0.727 bits per heavy atom. The van der Waals surface area contributed by atoms with Gasteiger partial charge in [0, 0.05) is 11.1 Å². The van der Waals surface area contributed by atoms with Gasteiger partial charge in [-0.25, -0.2) is 9.59 Å². The molecule has 8 heteroatoms. The first-order chi connectivity index (χ1) is 9.43. The molecule has 0 aliphatic heterocycles. The van der Waals surface area contributed by atoms with Crippen molar-refractivity contribution < 1.29 is 71.7 Å². The fourth-order valence-corrected chi connectivity index (χ4v) is 1.75. The Morgan fingerprint density at radius 2 is 1.00 bits per heavy atom. The molecule has 0 aromatic heterocycles. The molecule has 0 radical (unpaired) electrons. The number of carbonyl (C=O) groups is 2. The minimum Gasteiger partial charge on any atom is -0.779 e. The van der Waals surface area contributed by atoms with E-state index in [-0.39, 0.29) is 63.1 Å². The van der Waals surface area contributed by atoms with Gasteiger partial charge in [0.2, 0.25) is 0 Å². The minimum atomic E-state index is -0.967. The van der Waals surface area contributed by atoms with Crippen molar-refractivity contribution in [3.63, 3.8) is 0 Å². The first-order valence-electron chi connectivity index (χ1n) is 5.42. The minimum absolute atomic E-state index is 0. The van der Waals surface area contributed by atoms with Crippen molar-refractivity contribution >= 4 is 37.2 Å². The van der Waals surface area contributed by atoms with Gasteiger partial charge >= 0.3 is 63.9 Å². The van der Waals surface area contributed by atoms with Crippen molar-refractivity contribution in [3.8, 4) is 0 Å². The molecule has 2 aromatic carbocycles. The van der Waals surface area contributed by atoms with E-state index >= 15 is 0 Å². The molecule has 22 heavy (non-hydrogen) atoms. The van der Waals surface area contributed by atoms with E-state index in [2.05, 4.69) is 0 Å². The largest absolute Gasteiger partial charge is 1.00 e. The van der Waals surface area contributed by atoms with Crippen molar-refractivity contribution in [2.45, 2.75) is 9.79 Å². The van der Waals surface area contributed by atoms with Gasteiger partial charge in [0.05, 0.1) is 0 Å². The number of hydrogen-bond acceptors (Lipinski definition) is 4. The third-order valence-electron chi connectivity index (χ3n) is 2.23.